The fourth-order valence-corrected chi connectivity index (χ4v) is 5.81. The molecule has 0 spiro atoms. The lowest BCUT2D eigenvalue weighted by atomic mass is 9.87. The first-order valence-electron chi connectivity index (χ1n) is 10.7. The van der Waals surface area contributed by atoms with Crippen LogP contribution in [0.15, 0.2) is 42.6 Å². The standard InChI is InChI=1S/C23H27F3N2O2S/c1-31(29,30)14-15-5-8-19(9-6-15)28-22-12-20(22)17-7-10-21(27-13-17)16-3-2-4-18(11-16)23(24,25)26/h2-4,7,10-11,13,15,19-20,22,28H,5-6,8-9,12,14H2,1H3/t15?,19?,20-,22+/m1/s1. The summed E-state index contributed by atoms with van der Waals surface area (Å²) >= 11 is 0. The predicted molar refractivity (Wildman–Crippen MR) is 114 cm³/mol. The number of alkyl halides is 3. The molecule has 31 heavy (non-hydrogen) atoms. The summed E-state index contributed by atoms with van der Waals surface area (Å²) in [4.78, 5) is 4.41. The maximum Gasteiger partial charge on any atom is 0.416 e. The Labute approximate surface area is 181 Å². The van der Waals surface area contributed by atoms with Crippen LogP contribution in [0.5, 0.6) is 0 Å². The van der Waals surface area contributed by atoms with Crippen LogP contribution in [0.1, 0.15) is 49.1 Å². The third-order valence-electron chi connectivity index (χ3n) is 6.33. The van der Waals surface area contributed by atoms with Gasteiger partial charge in [-0.15, -0.1) is 0 Å². The average molecular weight is 453 g/mol. The van der Waals surface area contributed by atoms with Crippen LogP contribution in [0.3, 0.4) is 0 Å². The molecule has 0 radical (unpaired) electrons. The molecular formula is C23H27F3N2O2S. The SMILES string of the molecule is CS(=O)(=O)CC1CCC(N[C@H]2C[C@@H]2c2ccc(-c3cccc(C(F)(F)F)c3)nc2)CC1. The van der Waals surface area contributed by atoms with E-state index < -0.39 is 21.6 Å². The zero-order valence-corrected chi connectivity index (χ0v) is 18.2. The second-order valence-corrected chi connectivity index (χ2v) is 11.2. The van der Waals surface area contributed by atoms with E-state index in [0.29, 0.717) is 29.3 Å². The Balaban J connectivity index is 1.31. The maximum atomic E-state index is 12.9. The van der Waals surface area contributed by atoms with E-state index in [0.717, 1.165) is 49.8 Å². The van der Waals surface area contributed by atoms with Gasteiger partial charge in [-0.3, -0.25) is 4.98 Å². The number of aromatic nitrogens is 1. The fraction of sp³-hybridized carbons (Fsp3) is 0.522. The van der Waals surface area contributed by atoms with Crippen LogP contribution >= 0.6 is 0 Å². The Bertz CT molecular complexity index is 1010. The molecule has 0 bridgehead atoms. The van der Waals surface area contributed by atoms with E-state index in [1.54, 1.807) is 18.3 Å². The minimum atomic E-state index is -4.37. The van der Waals surface area contributed by atoms with E-state index in [-0.39, 0.29) is 11.7 Å². The highest BCUT2D eigenvalue weighted by Crippen LogP contribution is 2.42. The first-order chi connectivity index (χ1) is 14.6. The summed E-state index contributed by atoms with van der Waals surface area (Å²) in [5.74, 6) is 0.933. The van der Waals surface area contributed by atoms with E-state index in [4.69, 9.17) is 0 Å². The van der Waals surface area contributed by atoms with Crippen molar-refractivity contribution in [2.24, 2.45) is 5.92 Å². The first-order valence-corrected chi connectivity index (χ1v) is 12.7. The number of halogens is 3. The molecule has 2 saturated carbocycles. The number of pyridine rings is 1. The summed E-state index contributed by atoms with van der Waals surface area (Å²) in [5, 5.41) is 3.69. The van der Waals surface area contributed by atoms with Crippen molar-refractivity contribution < 1.29 is 21.6 Å². The van der Waals surface area contributed by atoms with Gasteiger partial charge in [0.1, 0.15) is 9.84 Å². The molecule has 0 unspecified atom stereocenters. The van der Waals surface area contributed by atoms with Crippen molar-refractivity contribution in [1.29, 1.82) is 0 Å². The second-order valence-electron chi connectivity index (χ2n) is 8.98. The highest BCUT2D eigenvalue weighted by Gasteiger charge is 2.40. The normalized spacial score (nSPS) is 26.6. The number of hydrogen-bond donors (Lipinski definition) is 1. The smallest absolute Gasteiger partial charge is 0.311 e. The Morgan fingerprint density at radius 1 is 1.10 bits per heavy atom. The zero-order valence-electron chi connectivity index (χ0n) is 17.4. The molecule has 2 aliphatic rings. The Morgan fingerprint density at radius 3 is 2.45 bits per heavy atom. The molecule has 1 heterocycles. The molecular weight excluding hydrogens is 425 g/mol. The van der Waals surface area contributed by atoms with Crippen LogP contribution in [0, 0.1) is 5.92 Å². The lowest BCUT2D eigenvalue weighted by molar-refractivity contribution is -0.137. The van der Waals surface area contributed by atoms with Gasteiger partial charge in [-0.25, -0.2) is 8.42 Å². The molecule has 0 saturated heterocycles. The fourth-order valence-electron chi connectivity index (χ4n) is 4.62. The molecule has 8 heteroatoms. The van der Waals surface area contributed by atoms with E-state index >= 15 is 0 Å². The number of nitrogens with one attached hydrogen (secondary N) is 1. The van der Waals surface area contributed by atoms with Crippen molar-refractivity contribution in [1.82, 2.24) is 10.3 Å². The highest BCUT2D eigenvalue weighted by molar-refractivity contribution is 7.90. The Hall–Kier alpha value is -1.93. The number of benzene rings is 1. The highest BCUT2D eigenvalue weighted by atomic mass is 32.2. The molecule has 168 valence electrons. The van der Waals surface area contributed by atoms with Gasteiger partial charge in [-0.1, -0.05) is 18.2 Å². The number of hydrogen-bond acceptors (Lipinski definition) is 4. The van der Waals surface area contributed by atoms with Gasteiger partial charge >= 0.3 is 6.18 Å². The lowest BCUT2D eigenvalue weighted by Gasteiger charge is -2.29. The number of rotatable bonds is 6. The summed E-state index contributed by atoms with van der Waals surface area (Å²) in [6.45, 7) is 0. The van der Waals surface area contributed by atoms with Crippen molar-refractivity contribution in [3.63, 3.8) is 0 Å². The topological polar surface area (TPSA) is 59.1 Å². The average Bonchev–Trinajstić information content (AvgIpc) is 3.47. The van der Waals surface area contributed by atoms with E-state index in [1.165, 1.54) is 12.3 Å². The van der Waals surface area contributed by atoms with Gasteiger partial charge in [-0.2, -0.15) is 13.2 Å². The molecule has 0 aliphatic heterocycles. The quantitative estimate of drug-likeness (QED) is 0.683. The minimum Gasteiger partial charge on any atom is -0.311 e. The van der Waals surface area contributed by atoms with Crippen molar-refractivity contribution in [3.05, 3.63) is 53.7 Å². The summed E-state index contributed by atoms with van der Waals surface area (Å²) < 4.78 is 61.8. The molecule has 1 aromatic carbocycles. The predicted octanol–water partition coefficient (Wildman–Crippen LogP) is 4.82. The van der Waals surface area contributed by atoms with Crippen molar-refractivity contribution in [3.8, 4) is 11.3 Å². The monoisotopic (exact) mass is 452 g/mol. The zero-order chi connectivity index (χ0) is 22.2. The molecule has 2 atom stereocenters. The Morgan fingerprint density at radius 2 is 1.84 bits per heavy atom. The third-order valence-corrected chi connectivity index (χ3v) is 7.40. The van der Waals surface area contributed by atoms with Crippen LogP contribution < -0.4 is 5.32 Å². The molecule has 2 fully saturated rings. The van der Waals surface area contributed by atoms with Gasteiger partial charge in [-0.05, 0) is 61.8 Å². The van der Waals surface area contributed by atoms with Gasteiger partial charge in [0.25, 0.3) is 0 Å². The first kappa shape index (κ1) is 22.3. The van der Waals surface area contributed by atoms with Gasteiger partial charge in [0, 0.05) is 36.0 Å². The molecule has 4 nitrogen and oxygen atoms in total. The summed E-state index contributed by atoms with van der Waals surface area (Å²) in [5.41, 5.74) is 1.41. The molecule has 1 N–H and O–H groups in total. The van der Waals surface area contributed by atoms with E-state index in [2.05, 4.69) is 10.3 Å². The van der Waals surface area contributed by atoms with Gasteiger partial charge in [0.05, 0.1) is 17.0 Å². The minimum absolute atomic E-state index is 0.274. The summed E-state index contributed by atoms with van der Waals surface area (Å²) in [6.07, 6.45) is 3.60. The van der Waals surface area contributed by atoms with Gasteiger partial charge < -0.3 is 5.32 Å². The second kappa shape index (κ2) is 8.54. The molecule has 2 aliphatic carbocycles. The molecule has 0 amide bonds. The summed E-state index contributed by atoms with van der Waals surface area (Å²) in [7, 11) is -2.91. The van der Waals surface area contributed by atoms with E-state index in [1.807, 2.05) is 6.07 Å². The van der Waals surface area contributed by atoms with Crippen LogP contribution in [-0.2, 0) is 16.0 Å². The largest absolute Gasteiger partial charge is 0.416 e. The van der Waals surface area contributed by atoms with Crippen LogP contribution in [-0.4, -0.2) is 37.5 Å². The lowest BCUT2D eigenvalue weighted by Crippen LogP contribution is -2.36. The third kappa shape index (κ3) is 5.86. The van der Waals surface area contributed by atoms with E-state index in [9.17, 15) is 21.6 Å². The van der Waals surface area contributed by atoms with Crippen LogP contribution in [0.4, 0.5) is 13.2 Å². The number of sulfone groups is 1. The van der Waals surface area contributed by atoms with Crippen LogP contribution in [0.25, 0.3) is 11.3 Å². The van der Waals surface area contributed by atoms with Gasteiger partial charge in [0.2, 0.25) is 0 Å². The molecule has 4 rings (SSSR count). The van der Waals surface area contributed by atoms with Crippen molar-refractivity contribution in [2.75, 3.05) is 12.0 Å². The van der Waals surface area contributed by atoms with Crippen molar-refractivity contribution in [2.45, 2.75) is 56.3 Å². The molecule has 2 aromatic rings. The maximum absolute atomic E-state index is 12.9. The van der Waals surface area contributed by atoms with Crippen LogP contribution in [0.2, 0.25) is 0 Å². The summed E-state index contributed by atoms with van der Waals surface area (Å²) in [6, 6.07) is 9.78. The number of nitrogens with zero attached hydrogens (tertiary/aromatic N) is 1. The van der Waals surface area contributed by atoms with Gasteiger partial charge in [0.15, 0.2) is 0 Å². The molecule has 1 aromatic heterocycles. The Kier molecular flexibility index (Phi) is 6.14. The van der Waals surface area contributed by atoms with Crippen molar-refractivity contribution >= 4 is 9.84 Å².